The van der Waals surface area contributed by atoms with Crippen LogP contribution in [0.3, 0.4) is 0 Å². The molecule has 4 rings (SSSR count). The predicted molar refractivity (Wildman–Crippen MR) is 98.0 cm³/mol. The molecule has 6 heteroatoms. The second-order valence-corrected chi connectivity index (χ2v) is 6.83. The summed E-state index contributed by atoms with van der Waals surface area (Å²) in [6, 6.07) is 8.48. The summed E-state index contributed by atoms with van der Waals surface area (Å²) >= 11 is 0. The maximum absolute atomic E-state index is 12.5. The lowest BCUT2D eigenvalue weighted by Gasteiger charge is -2.21. The maximum atomic E-state index is 12.5. The molecule has 0 radical (unpaired) electrons. The number of amides is 1. The molecule has 130 valence electrons. The van der Waals surface area contributed by atoms with Crippen molar-refractivity contribution < 1.29 is 4.79 Å². The maximum Gasteiger partial charge on any atom is 0.256 e. The van der Waals surface area contributed by atoms with Crippen molar-refractivity contribution in [1.29, 1.82) is 0 Å². The zero-order valence-corrected chi connectivity index (χ0v) is 14.6. The van der Waals surface area contributed by atoms with E-state index in [-0.39, 0.29) is 5.91 Å². The van der Waals surface area contributed by atoms with Gasteiger partial charge in [0.25, 0.3) is 5.91 Å². The van der Waals surface area contributed by atoms with Crippen LogP contribution in [-0.2, 0) is 7.05 Å². The van der Waals surface area contributed by atoms with Crippen LogP contribution in [0.15, 0.2) is 42.9 Å². The molecule has 0 saturated carbocycles. The van der Waals surface area contributed by atoms with E-state index < -0.39 is 0 Å². The number of aromatic nitrogens is 3. The van der Waals surface area contributed by atoms with Crippen LogP contribution < -0.4 is 10.2 Å². The fourth-order valence-electron chi connectivity index (χ4n) is 3.68. The van der Waals surface area contributed by atoms with Crippen molar-refractivity contribution in [3.05, 3.63) is 54.0 Å². The van der Waals surface area contributed by atoms with E-state index in [4.69, 9.17) is 0 Å². The highest BCUT2D eigenvalue weighted by molar-refractivity contribution is 5.99. The Labute approximate surface area is 147 Å². The lowest BCUT2D eigenvalue weighted by Crippen LogP contribution is -2.31. The molecule has 1 amide bonds. The minimum Gasteiger partial charge on any atom is -0.371 e. The summed E-state index contributed by atoms with van der Waals surface area (Å²) in [5, 5.41) is 7.32. The first kappa shape index (κ1) is 15.7. The summed E-state index contributed by atoms with van der Waals surface area (Å²) < 4.78 is 3.64. The Balaban J connectivity index is 1.38. The lowest BCUT2D eigenvalue weighted by molar-refractivity contribution is 0.0949. The number of hydrogen-bond acceptors (Lipinski definition) is 3. The lowest BCUT2D eigenvalue weighted by atomic mass is 10.1. The SMILES string of the molecule is Cc1ccccc1N1CC[C@@H](CNC(=O)c2cnn3ccn(C)c23)C1. The average molecular weight is 337 g/mol. The van der Waals surface area contributed by atoms with Gasteiger partial charge in [-0.3, -0.25) is 4.79 Å². The average Bonchev–Trinajstić information content (AvgIpc) is 3.31. The smallest absolute Gasteiger partial charge is 0.256 e. The molecule has 0 aliphatic carbocycles. The van der Waals surface area contributed by atoms with E-state index in [1.807, 2.05) is 24.0 Å². The summed E-state index contributed by atoms with van der Waals surface area (Å²) in [6.07, 6.45) is 6.49. The number of para-hydroxylation sites is 1. The highest BCUT2D eigenvalue weighted by Crippen LogP contribution is 2.26. The van der Waals surface area contributed by atoms with E-state index in [1.165, 1.54) is 11.3 Å². The number of anilines is 1. The van der Waals surface area contributed by atoms with E-state index in [0.29, 0.717) is 18.0 Å². The highest BCUT2D eigenvalue weighted by atomic mass is 16.1. The van der Waals surface area contributed by atoms with Gasteiger partial charge in [-0.05, 0) is 30.9 Å². The molecule has 1 atom stereocenters. The summed E-state index contributed by atoms with van der Waals surface area (Å²) in [5.74, 6) is 0.425. The normalized spacial score (nSPS) is 17.4. The third-order valence-electron chi connectivity index (χ3n) is 5.07. The first-order valence-electron chi connectivity index (χ1n) is 8.71. The van der Waals surface area contributed by atoms with Crippen molar-refractivity contribution in [2.45, 2.75) is 13.3 Å². The Kier molecular flexibility index (Phi) is 3.95. The Morgan fingerprint density at radius 3 is 3.00 bits per heavy atom. The van der Waals surface area contributed by atoms with Gasteiger partial charge in [0.15, 0.2) is 0 Å². The van der Waals surface area contributed by atoms with Gasteiger partial charge in [0.1, 0.15) is 11.2 Å². The van der Waals surface area contributed by atoms with Crippen molar-refractivity contribution >= 4 is 17.2 Å². The Bertz CT molecular complexity index is 910. The van der Waals surface area contributed by atoms with Gasteiger partial charge < -0.3 is 14.8 Å². The molecule has 0 unspecified atom stereocenters. The third kappa shape index (κ3) is 2.88. The largest absolute Gasteiger partial charge is 0.371 e. The van der Waals surface area contributed by atoms with Crippen molar-refractivity contribution in [3.8, 4) is 0 Å². The molecule has 1 aromatic carbocycles. The van der Waals surface area contributed by atoms with Crippen molar-refractivity contribution in [1.82, 2.24) is 19.5 Å². The minimum absolute atomic E-state index is 0.0499. The Morgan fingerprint density at radius 2 is 2.16 bits per heavy atom. The van der Waals surface area contributed by atoms with E-state index in [1.54, 1.807) is 10.7 Å². The van der Waals surface area contributed by atoms with Gasteiger partial charge in [0.05, 0.1) is 6.20 Å². The zero-order valence-electron chi connectivity index (χ0n) is 14.6. The molecule has 1 fully saturated rings. The van der Waals surface area contributed by atoms with E-state index in [0.717, 1.165) is 25.2 Å². The van der Waals surface area contributed by atoms with Crippen LogP contribution in [0.5, 0.6) is 0 Å². The molecule has 0 spiro atoms. The molecule has 0 bridgehead atoms. The second-order valence-electron chi connectivity index (χ2n) is 6.83. The van der Waals surface area contributed by atoms with Gasteiger partial charge >= 0.3 is 0 Å². The number of benzene rings is 1. The van der Waals surface area contributed by atoms with Crippen LogP contribution in [-0.4, -0.2) is 39.7 Å². The Morgan fingerprint density at radius 1 is 1.32 bits per heavy atom. The summed E-state index contributed by atoms with van der Waals surface area (Å²) in [4.78, 5) is 15.0. The first-order valence-corrected chi connectivity index (χ1v) is 8.71. The van der Waals surface area contributed by atoms with E-state index in [2.05, 4.69) is 46.5 Å². The van der Waals surface area contributed by atoms with Gasteiger partial charge in [-0.2, -0.15) is 5.10 Å². The molecule has 6 nitrogen and oxygen atoms in total. The van der Waals surface area contributed by atoms with Crippen LogP contribution in [0.4, 0.5) is 5.69 Å². The minimum atomic E-state index is -0.0499. The van der Waals surface area contributed by atoms with Crippen molar-refractivity contribution in [2.24, 2.45) is 13.0 Å². The van der Waals surface area contributed by atoms with Crippen LogP contribution >= 0.6 is 0 Å². The molecule has 2 aromatic heterocycles. The summed E-state index contributed by atoms with van der Waals surface area (Å²) in [6.45, 7) is 4.87. The number of hydrogen-bond donors (Lipinski definition) is 1. The van der Waals surface area contributed by atoms with Crippen LogP contribution in [0.1, 0.15) is 22.3 Å². The molecule has 1 saturated heterocycles. The molecular weight excluding hydrogens is 314 g/mol. The topological polar surface area (TPSA) is 54.6 Å². The Hall–Kier alpha value is -2.76. The monoisotopic (exact) mass is 337 g/mol. The number of nitrogens with one attached hydrogen (secondary N) is 1. The van der Waals surface area contributed by atoms with E-state index in [9.17, 15) is 4.79 Å². The number of nitrogens with zero attached hydrogens (tertiary/aromatic N) is 4. The van der Waals surface area contributed by atoms with Gasteiger partial charge in [-0.15, -0.1) is 0 Å². The van der Waals surface area contributed by atoms with Crippen LogP contribution in [0, 0.1) is 12.8 Å². The fourth-order valence-corrected chi connectivity index (χ4v) is 3.68. The molecule has 25 heavy (non-hydrogen) atoms. The van der Waals surface area contributed by atoms with Crippen LogP contribution in [0.2, 0.25) is 0 Å². The van der Waals surface area contributed by atoms with Gasteiger partial charge in [-0.1, -0.05) is 18.2 Å². The highest BCUT2D eigenvalue weighted by Gasteiger charge is 2.24. The fraction of sp³-hybridized carbons (Fsp3) is 0.368. The van der Waals surface area contributed by atoms with Crippen molar-refractivity contribution in [2.75, 3.05) is 24.5 Å². The molecular formula is C19H23N5O. The molecule has 3 aromatic rings. The summed E-state index contributed by atoms with van der Waals surface area (Å²) in [5.41, 5.74) is 4.06. The molecule has 3 heterocycles. The van der Waals surface area contributed by atoms with Crippen molar-refractivity contribution in [3.63, 3.8) is 0 Å². The quantitative estimate of drug-likeness (QED) is 0.794. The zero-order chi connectivity index (χ0) is 17.4. The first-order chi connectivity index (χ1) is 12.1. The van der Waals surface area contributed by atoms with E-state index >= 15 is 0 Å². The van der Waals surface area contributed by atoms with Gasteiger partial charge in [0.2, 0.25) is 0 Å². The molecule has 1 N–H and O–H groups in total. The second kappa shape index (κ2) is 6.27. The predicted octanol–water partition coefficient (Wildman–Crippen LogP) is 2.24. The number of fused-ring (bicyclic) bond motifs is 1. The number of rotatable bonds is 4. The standard InChI is InChI=1S/C19H23N5O/c1-14-5-3-4-6-17(14)23-8-7-15(13-23)11-20-18(25)16-12-21-24-10-9-22(2)19(16)24/h3-6,9-10,12,15H,7-8,11,13H2,1-2H3,(H,20,25)/t15-/m0/s1. The number of carbonyl (C=O) groups is 1. The van der Waals surface area contributed by atoms with Gasteiger partial charge in [-0.25, -0.2) is 4.52 Å². The van der Waals surface area contributed by atoms with Gasteiger partial charge in [0, 0.05) is 44.8 Å². The number of carbonyl (C=O) groups excluding carboxylic acids is 1. The molecule has 1 aliphatic rings. The number of imidazole rings is 1. The van der Waals surface area contributed by atoms with Crippen LogP contribution in [0.25, 0.3) is 5.65 Å². The summed E-state index contributed by atoms with van der Waals surface area (Å²) in [7, 11) is 1.92. The molecule has 1 aliphatic heterocycles. The third-order valence-corrected chi connectivity index (χ3v) is 5.07. The number of aryl methyl sites for hydroxylation is 2.